The molecule has 1 aliphatic carbocycles. The summed E-state index contributed by atoms with van der Waals surface area (Å²) < 4.78 is 0. The van der Waals surface area contributed by atoms with Crippen LogP contribution in [0.1, 0.15) is 101 Å². The highest BCUT2D eigenvalue weighted by Gasteiger charge is 2.26. The molecule has 1 aliphatic rings. The van der Waals surface area contributed by atoms with Gasteiger partial charge in [0.25, 0.3) is 0 Å². The Bertz CT molecular complexity index is 1690. The highest BCUT2D eigenvalue weighted by atomic mass is 16.3. The largest absolute Gasteiger partial charge is 0.507 e. The van der Waals surface area contributed by atoms with Crippen LogP contribution in [0.5, 0.6) is 11.5 Å². The van der Waals surface area contributed by atoms with E-state index in [4.69, 9.17) is 9.98 Å². The molecule has 2 N–H and O–H groups in total. The van der Waals surface area contributed by atoms with Gasteiger partial charge in [-0.05, 0) is 81.3 Å². The number of aliphatic imine (C=N–C) groups is 2. The number of aromatic hydroxyl groups is 2. The van der Waals surface area contributed by atoms with E-state index in [1.54, 1.807) is 0 Å². The summed E-state index contributed by atoms with van der Waals surface area (Å²) in [5.41, 5.74) is 9.05. The van der Waals surface area contributed by atoms with E-state index in [9.17, 15) is 10.2 Å². The van der Waals surface area contributed by atoms with Crippen LogP contribution in [0.4, 0.5) is 0 Å². The van der Waals surface area contributed by atoms with Crippen LogP contribution in [-0.2, 0) is 10.8 Å². The average molecular weight is 639 g/mol. The van der Waals surface area contributed by atoms with Gasteiger partial charge in [-0.1, -0.05) is 128 Å². The maximum absolute atomic E-state index is 11.4. The fourth-order valence-electron chi connectivity index (χ4n) is 6.40. The Balaban J connectivity index is 1.48. The van der Waals surface area contributed by atoms with Gasteiger partial charge in [0.05, 0.1) is 12.1 Å². The lowest BCUT2D eigenvalue weighted by molar-refractivity contribution is 0.390. The molecule has 2 unspecified atom stereocenters. The molecule has 0 bridgehead atoms. The number of phenols is 2. The molecule has 0 aliphatic heterocycles. The van der Waals surface area contributed by atoms with Crippen molar-refractivity contribution in [2.24, 2.45) is 9.98 Å². The van der Waals surface area contributed by atoms with E-state index < -0.39 is 0 Å². The van der Waals surface area contributed by atoms with Crippen molar-refractivity contribution in [3.8, 4) is 33.8 Å². The van der Waals surface area contributed by atoms with E-state index in [1.807, 2.05) is 36.7 Å². The van der Waals surface area contributed by atoms with Crippen LogP contribution in [0.15, 0.2) is 95.9 Å². The fourth-order valence-corrected chi connectivity index (χ4v) is 6.40. The molecule has 0 amide bonds. The lowest BCUT2D eigenvalue weighted by Crippen LogP contribution is -2.27. The molecular weight excluding hydrogens is 588 g/mol. The van der Waals surface area contributed by atoms with Crippen LogP contribution in [0.3, 0.4) is 0 Å². The first kappa shape index (κ1) is 34.6. The Labute approximate surface area is 287 Å². The third-order valence-electron chi connectivity index (χ3n) is 9.36. The fraction of sp³-hybridized carbons (Fsp3) is 0.318. The highest BCUT2D eigenvalue weighted by Crippen LogP contribution is 2.39. The zero-order valence-electron chi connectivity index (χ0n) is 29.4. The molecule has 5 rings (SSSR count). The van der Waals surface area contributed by atoms with E-state index in [-0.39, 0.29) is 34.4 Å². The zero-order valence-corrected chi connectivity index (χ0v) is 29.4. The normalized spacial score (nSPS) is 17.2. The third kappa shape index (κ3) is 7.87. The first-order valence-electron chi connectivity index (χ1n) is 17.1. The molecule has 4 nitrogen and oxygen atoms in total. The van der Waals surface area contributed by atoms with Crippen molar-refractivity contribution in [2.75, 3.05) is 0 Å². The summed E-state index contributed by atoms with van der Waals surface area (Å²) >= 11 is 0. The van der Waals surface area contributed by atoms with Gasteiger partial charge in [-0.25, -0.2) is 0 Å². The Hall–Kier alpha value is -4.70. The van der Waals surface area contributed by atoms with Gasteiger partial charge in [0.1, 0.15) is 11.5 Å². The van der Waals surface area contributed by atoms with Crippen LogP contribution < -0.4 is 0 Å². The summed E-state index contributed by atoms with van der Waals surface area (Å²) in [6.07, 6.45) is 11.4. The predicted molar refractivity (Wildman–Crippen MR) is 206 cm³/mol. The maximum atomic E-state index is 11.4. The van der Waals surface area contributed by atoms with E-state index in [0.717, 1.165) is 70.2 Å². The van der Waals surface area contributed by atoms with E-state index in [1.165, 1.54) is 0 Å². The van der Waals surface area contributed by atoms with Crippen molar-refractivity contribution in [3.05, 3.63) is 119 Å². The molecule has 0 radical (unpaired) electrons. The topological polar surface area (TPSA) is 65.2 Å². The van der Waals surface area contributed by atoms with E-state index in [2.05, 4.69) is 115 Å². The van der Waals surface area contributed by atoms with Crippen molar-refractivity contribution in [3.63, 3.8) is 0 Å². The summed E-state index contributed by atoms with van der Waals surface area (Å²) in [5.74, 6) is 0.539. The highest BCUT2D eigenvalue weighted by molar-refractivity contribution is 5.89. The molecule has 0 heterocycles. The molecule has 2 atom stereocenters. The van der Waals surface area contributed by atoms with E-state index in [0.29, 0.717) is 11.1 Å². The second kappa shape index (κ2) is 14.2. The zero-order chi connectivity index (χ0) is 34.6. The van der Waals surface area contributed by atoms with Crippen LogP contribution >= 0.6 is 0 Å². The molecule has 1 fully saturated rings. The summed E-state index contributed by atoms with van der Waals surface area (Å²) in [4.78, 5) is 10.1. The molecule has 0 spiro atoms. The lowest BCUT2D eigenvalue weighted by atomic mass is 9.83. The summed E-state index contributed by atoms with van der Waals surface area (Å²) in [6, 6.07) is 24.8. The van der Waals surface area contributed by atoms with Gasteiger partial charge in [-0.15, -0.1) is 0 Å². The number of hydrogen-bond donors (Lipinski definition) is 2. The van der Waals surface area contributed by atoms with Crippen molar-refractivity contribution in [1.82, 2.24) is 0 Å². The van der Waals surface area contributed by atoms with Crippen LogP contribution in [0.25, 0.3) is 34.4 Å². The third-order valence-corrected chi connectivity index (χ3v) is 9.36. The van der Waals surface area contributed by atoms with Gasteiger partial charge < -0.3 is 10.2 Å². The molecule has 1 saturated carbocycles. The Morgan fingerprint density at radius 2 is 0.917 bits per heavy atom. The minimum absolute atomic E-state index is 0.0260. The van der Waals surface area contributed by atoms with Crippen LogP contribution in [0, 0.1) is 0 Å². The lowest BCUT2D eigenvalue weighted by Gasteiger charge is -2.26. The van der Waals surface area contributed by atoms with Crippen molar-refractivity contribution >= 4 is 24.6 Å². The monoisotopic (exact) mass is 638 g/mol. The second-order valence-corrected chi connectivity index (χ2v) is 15.1. The first-order valence-corrected chi connectivity index (χ1v) is 17.1. The van der Waals surface area contributed by atoms with Gasteiger partial charge in [-0.3, -0.25) is 9.98 Å². The predicted octanol–water partition coefficient (Wildman–Crippen LogP) is 11.2. The number of phenolic OH excluding ortho intramolecular Hbond substituents is 2. The Kier molecular flexibility index (Phi) is 10.2. The minimum atomic E-state index is -0.252. The second-order valence-electron chi connectivity index (χ2n) is 15.1. The minimum Gasteiger partial charge on any atom is -0.507 e. The van der Waals surface area contributed by atoms with E-state index >= 15 is 0 Å². The molecule has 0 aromatic heterocycles. The quantitative estimate of drug-likeness (QED) is 0.189. The van der Waals surface area contributed by atoms with Crippen molar-refractivity contribution in [2.45, 2.75) is 90.1 Å². The average Bonchev–Trinajstić information content (AvgIpc) is 3.06. The summed E-state index contributed by atoms with van der Waals surface area (Å²) in [7, 11) is 0. The van der Waals surface area contributed by atoms with Gasteiger partial charge in [0, 0.05) is 34.7 Å². The molecule has 4 aromatic rings. The van der Waals surface area contributed by atoms with Crippen molar-refractivity contribution in [1.29, 1.82) is 0 Å². The molecule has 4 aromatic carbocycles. The molecule has 48 heavy (non-hydrogen) atoms. The molecule has 0 saturated heterocycles. The number of hydrogen-bond acceptors (Lipinski definition) is 4. The maximum Gasteiger partial charge on any atom is 0.128 e. The molecule has 4 heteroatoms. The summed E-state index contributed by atoms with van der Waals surface area (Å²) in [5, 5.41) is 22.9. The van der Waals surface area contributed by atoms with Gasteiger partial charge in [0.2, 0.25) is 0 Å². The summed E-state index contributed by atoms with van der Waals surface area (Å²) in [6.45, 7) is 20.4. The standard InChI is InChI=1S/C44H50N2O2/c1-9-29-15-19-31(20-16-29)33-23-35(41(47)37(25-33)43(3,4)5)27-45-39-13-11-12-14-40(39)46-28-36-24-34(26-38(42(36)48)44(6,7)8)32-21-17-30(10-2)18-22-32/h9-10,15-28,39-40,47-48H,1-2,11-14H2,3-8H3. The molecular formula is C44H50N2O2. The van der Waals surface area contributed by atoms with Crippen molar-refractivity contribution < 1.29 is 10.2 Å². The number of nitrogens with zero attached hydrogens (tertiary/aromatic N) is 2. The number of benzene rings is 4. The van der Waals surface area contributed by atoms with Crippen LogP contribution in [-0.4, -0.2) is 34.7 Å². The molecule has 248 valence electrons. The SMILES string of the molecule is C=Cc1ccc(-c2cc(C=NC3CCCCC3N=Cc3cc(-c4ccc(C=C)cc4)cc(C(C)(C)C)c3O)c(O)c(C(C)(C)C)c2)cc1. The van der Waals surface area contributed by atoms with Gasteiger partial charge in [0.15, 0.2) is 0 Å². The van der Waals surface area contributed by atoms with Gasteiger partial charge >= 0.3 is 0 Å². The Morgan fingerprint density at radius 1 is 0.562 bits per heavy atom. The first-order chi connectivity index (χ1) is 22.8. The Morgan fingerprint density at radius 3 is 1.23 bits per heavy atom. The smallest absolute Gasteiger partial charge is 0.128 e. The number of rotatable bonds is 8. The van der Waals surface area contributed by atoms with Gasteiger partial charge in [-0.2, -0.15) is 0 Å². The van der Waals surface area contributed by atoms with Crippen LogP contribution in [0.2, 0.25) is 0 Å².